The van der Waals surface area contributed by atoms with E-state index in [4.69, 9.17) is 0 Å². The number of rotatable bonds is 3. The predicted octanol–water partition coefficient (Wildman–Crippen LogP) is 3.15. The summed E-state index contributed by atoms with van der Waals surface area (Å²) in [5, 5.41) is 0.509. The second-order valence-corrected chi connectivity index (χ2v) is 5.01. The van der Waals surface area contributed by atoms with Gasteiger partial charge >= 0.3 is 0 Å². The van der Waals surface area contributed by atoms with Gasteiger partial charge in [0.15, 0.2) is 0 Å². The minimum Gasteiger partial charge on any atom is -0.303 e. The molecule has 2 heteroatoms. The second kappa shape index (κ2) is 4.65. The van der Waals surface area contributed by atoms with E-state index in [-0.39, 0.29) is 5.92 Å². The first-order chi connectivity index (χ1) is 6.90. The Labute approximate surface area is 88.9 Å². The predicted molar refractivity (Wildman–Crippen MR) is 59.5 cm³/mol. The molecule has 0 bridgehead atoms. The molecule has 1 nitrogen and oxygen atoms in total. The first-order valence-corrected chi connectivity index (χ1v) is 5.95. The molecule has 74 valence electrons. The third-order valence-electron chi connectivity index (χ3n) is 2.71. The van der Waals surface area contributed by atoms with Gasteiger partial charge in [-0.1, -0.05) is 24.6 Å². The Bertz CT molecular complexity index is 296. The number of thioether (sulfide) groups is 1. The molecule has 2 atom stereocenters. The summed E-state index contributed by atoms with van der Waals surface area (Å²) >= 11 is 1.85. The fourth-order valence-corrected chi connectivity index (χ4v) is 3.25. The Kier molecular flexibility index (Phi) is 3.25. The highest BCUT2D eigenvalue weighted by molar-refractivity contribution is 8.00. The zero-order valence-electron chi connectivity index (χ0n) is 8.06. The lowest BCUT2D eigenvalue weighted by Gasteiger charge is -2.13. The molecule has 1 fully saturated rings. The Balaban J connectivity index is 2.00. The van der Waals surface area contributed by atoms with Gasteiger partial charge in [-0.15, -0.1) is 11.8 Å². The van der Waals surface area contributed by atoms with Gasteiger partial charge in [0, 0.05) is 16.1 Å². The standard InChI is InChI=1S/C12H14OS/c13-9-10-5-4-8-12(10)14-11-6-2-1-3-7-11/h1-3,6-7,9-10,12H,4-5,8H2. The number of hydrogen-bond acceptors (Lipinski definition) is 2. The summed E-state index contributed by atoms with van der Waals surface area (Å²) in [4.78, 5) is 12.1. The normalized spacial score (nSPS) is 26.3. The molecule has 1 aliphatic rings. The molecule has 14 heavy (non-hydrogen) atoms. The van der Waals surface area contributed by atoms with Crippen molar-refractivity contribution in [3.63, 3.8) is 0 Å². The highest BCUT2D eigenvalue weighted by Gasteiger charge is 2.27. The van der Waals surface area contributed by atoms with Crippen LogP contribution >= 0.6 is 11.8 Å². The molecule has 0 aromatic heterocycles. The van der Waals surface area contributed by atoms with Gasteiger partial charge in [0.25, 0.3) is 0 Å². The van der Waals surface area contributed by atoms with Crippen molar-refractivity contribution in [3.8, 4) is 0 Å². The minimum absolute atomic E-state index is 0.278. The fraction of sp³-hybridized carbons (Fsp3) is 0.417. The van der Waals surface area contributed by atoms with Crippen LogP contribution in [-0.2, 0) is 4.79 Å². The average molecular weight is 206 g/mol. The van der Waals surface area contributed by atoms with Crippen LogP contribution in [0.2, 0.25) is 0 Å². The maximum absolute atomic E-state index is 10.8. The van der Waals surface area contributed by atoms with Crippen LogP contribution in [0.3, 0.4) is 0 Å². The van der Waals surface area contributed by atoms with Crippen LogP contribution in [0.5, 0.6) is 0 Å². The lowest BCUT2D eigenvalue weighted by atomic mass is 10.1. The van der Waals surface area contributed by atoms with Crippen molar-refractivity contribution in [3.05, 3.63) is 30.3 Å². The molecular weight excluding hydrogens is 192 g/mol. The smallest absolute Gasteiger partial charge is 0.124 e. The van der Waals surface area contributed by atoms with Gasteiger partial charge in [-0.25, -0.2) is 0 Å². The molecule has 0 radical (unpaired) electrons. The number of carbonyl (C=O) groups is 1. The molecule has 2 rings (SSSR count). The zero-order chi connectivity index (χ0) is 9.80. The first kappa shape index (κ1) is 9.78. The SMILES string of the molecule is O=CC1CCCC1Sc1ccccc1. The minimum atomic E-state index is 0.278. The topological polar surface area (TPSA) is 17.1 Å². The molecular formula is C12H14OS. The summed E-state index contributed by atoms with van der Waals surface area (Å²) in [6, 6.07) is 10.4. The van der Waals surface area contributed by atoms with Crippen LogP contribution in [0.25, 0.3) is 0 Å². The molecule has 0 spiro atoms. The highest BCUT2D eigenvalue weighted by atomic mass is 32.2. The van der Waals surface area contributed by atoms with E-state index in [0.29, 0.717) is 5.25 Å². The summed E-state index contributed by atoms with van der Waals surface area (Å²) in [7, 11) is 0. The van der Waals surface area contributed by atoms with Crippen LogP contribution in [0.1, 0.15) is 19.3 Å². The van der Waals surface area contributed by atoms with Crippen molar-refractivity contribution >= 4 is 18.0 Å². The molecule has 1 aromatic carbocycles. The average Bonchev–Trinajstić information content (AvgIpc) is 2.67. The zero-order valence-corrected chi connectivity index (χ0v) is 8.87. The third-order valence-corrected chi connectivity index (χ3v) is 4.14. The van der Waals surface area contributed by atoms with Crippen molar-refractivity contribution in [2.75, 3.05) is 0 Å². The molecule has 1 aromatic rings. The van der Waals surface area contributed by atoms with Crippen LogP contribution in [-0.4, -0.2) is 11.5 Å². The number of benzene rings is 1. The van der Waals surface area contributed by atoms with Gasteiger partial charge < -0.3 is 4.79 Å². The van der Waals surface area contributed by atoms with E-state index in [9.17, 15) is 4.79 Å². The van der Waals surface area contributed by atoms with Gasteiger partial charge in [0.05, 0.1) is 0 Å². The molecule has 1 saturated carbocycles. The maximum atomic E-state index is 10.8. The van der Waals surface area contributed by atoms with Gasteiger partial charge in [0.1, 0.15) is 6.29 Å². The largest absolute Gasteiger partial charge is 0.303 e. The van der Waals surface area contributed by atoms with Gasteiger partial charge in [0.2, 0.25) is 0 Å². The lowest BCUT2D eigenvalue weighted by molar-refractivity contribution is -0.110. The van der Waals surface area contributed by atoms with Crippen LogP contribution in [0.4, 0.5) is 0 Å². The van der Waals surface area contributed by atoms with Gasteiger partial charge in [-0.2, -0.15) is 0 Å². The number of aldehydes is 1. The molecule has 0 saturated heterocycles. The van der Waals surface area contributed by atoms with Crippen molar-refractivity contribution in [2.45, 2.75) is 29.4 Å². The van der Waals surface area contributed by atoms with Gasteiger partial charge in [-0.3, -0.25) is 0 Å². The molecule has 0 N–H and O–H groups in total. The Morgan fingerprint density at radius 2 is 2.00 bits per heavy atom. The number of hydrogen-bond donors (Lipinski definition) is 0. The van der Waals surface area contributed by atoms with Gasteiger partial charge in [-0.05, 0) is 25.0 Å². The van der Waals surface area contributed by atoms with Crippen molar-refractivity contribution in [1.29, 1.82) is 0 Å². The summed E-state index contributed by atoms with van der Waals surface area (Å²) in [6.07, 6.45) is 4.60. The highest BCUT2D eigenvalue weighted by Crippen LogP contribution is 2.37. The van der Waals surface area contributed by atoms with Crippen LogP contribution in [0, 0.1) is 5.92 Å². The Morgan fingerprint density at radius 1 is 1.21 bits per heavy atom. The first-order valence-electron chi connectivity index (χ1n) is 5.07. The fourth-order valence-electron chi connectivity index (χ4n) is 1.93. The Hall–Kier alpha value is -0.760. The maximum Gasteiger partial charge on any atom is 0.124 e. The quantitative estimate of drug-likeness (QED) is 0.707. The summed E-state index contributed by atoms with van der Waals surface area (Å²) in [5.41, 5.74) is 0. The van der Waals surface area contributed by atoms with E-state index < -0.39 is 0 Å². The van der Waals surface area contributed by atoms with E-state index in [1.807, 2.05) is 30.0 Å². The van der Waals surface area contributed by atoms with E-state index >= 15 is 0 Å². The Morgan fingerprint density at radius 3 is 2.71 bits per heavy atom. The third kappa shape index (κ3) is 2.18. The van der Waals surface area contributed by atoms with Crippen molar-refractivity contribution in [1.82, 2.24) is 0 Å². The molecule has 2 unspecified atom stereocenters. The van der Waals surface area contributed by atoms with Crippen LogP contribution < -0.4 is 0 Å². The number of carbonyl (C=O) groups excluding carboxylic acids is 1. The van der Waals surface area contributed by atoms with E-state index in [1.165, 1.54) is 17.7 Å². The monoisotopic (exact) mass is 206 g/mol. The van der Waals surface area contributed by atoms with Crippen molar-refractivity contribution < 1.29 is 4.79 Å². The lowest BCUT2D eigenvalue weighted by Crippen LogP contribution is -2.10. The van der Waals surface area contributed by atoms with E-state index in [1.54, 1.807) is 0 Å². The molecule has 1 aliphatic carbocycles. The van der Waals surface area contributed by atoms with E-state index in [2.05, 4.69) is 12.1 Å². The van der Waals surface area contributed by atoms with Crippen LogP contribution in [0.15, 0.2) is 35.2 Å². The molecule has 0 amide bonds. The molecule has 0 aliphatic heterocycles. The summed E-state index contributed by atoms with van der Waals surface area (Å²) in [6.45, 7) is 0. The second-order valence-electron chi connectivity index (χ2n) is 3.70. The summed E-state index contributed by atoms with van der Waals surface area (Å²) < 4.78 is 0. The van der Waals surface area contributed by atoms with E-state index in [0.717, 1.165) is 12.7 Å². The van der Waals surface area contributed by atoms with Crippen molar-refractivity contribution in [2.24, 2.45) is 5.92 Å². The summed E-state index contributed by atoms with van der Waals surface area (Å²) in [5.74, 6) is 0.278. The molecule has 0 heterocycles.